The Bertz CT molecular complexity index is 1150. The van der Waals surface area contributed by atoms with Crippen LogP contribution in [-0.2, 0) is 14.8 Å². The zero-order valence-corrected chi connectivity index (χ0v) is 19.3. The fourth-order valence-corrected chi connectivity index (χ4v) is 4.58. The number of rotatable bonds is 10. The Kier molecular flexibility index (Phi) is 7.89. The van der Waals surface area contributed by atoms with E-state index >= 15 is 0 Å². The lowest BCUT2D eigenvalue weighted by molar-refractivity contribution is -0.119. The van der Waals surface area contributed by atoms with E-state index in [1.807, 2.05) is 42.3 Å². The summed E-state index contributed by atoms with van der Waals surface area (Å²) in [7, 11) is -0.704. The summed E-state index contributed by atoms with van der Waals surface area (Å²) in [5.41, 5.74) is 1.19. The summed E-state index contributed by atoms with van der Waals surface area (Å²) in [4.78, 5) is 14.6. The van der Waals surface area contributed by atoms with Crippen molar-refractivity contribution in [1.29, 1.82) is 0 Å². The van der Waals surface area contributed by atoms with Crippen LogP contribution in [0.5, 0.6) is 5.75 Å². The minimum atomic E-state index is -4.09. The Hall–Kier alpha value is -3.59. The van der Waals surface area contributed by atoms with Crippen LogP contribution >= 0.6 is 0 Å². The molecule has 0 aliphatic rings. The van der Waals surface area contributed by atoms with Gasteiger partial charge in [0.2, 0.25) is 5.91 Å². The molecule has 3 aromatic carbocycles. The molecule has 0 unspecified atom stereocenters. The molecule has 0 spiro atoms. The minimum absolute atomic E-state index is 0.00997. The van der Waals surface area contributed by atoms with Crippen LogP contribution in [0.1, 0.15) is 0 Å². The van der Waals surface area contributed by atoms with Crippen LogP contribution in [0, 0.1) is 5.82 Å². The molecule has 33 heavy (non-hydrogen) atoms. The van der Waals surface area contributed by atoms with Gasteiger partial charge in [-0.2, -0.15) is 0 Å². The van der Waals surface area contributed by atoms with Crippen molar-refractivity contribution in [2.75, 3.05) is 43.0 Å². The van der Waals surface area contributed by atoms with Gasteiger partial charge in [-0.3, -0.25) is 9.10 Å². The predicted octanol–water partition coefficient (Wildman–Crippen LogP) is 3.28. The molecule has 7 nitrogen and oxygen atoms in total. The Morgan fingerprint density at radius 2 is 1.58 bits per heavy atom. The van der Waals surface area contributed by atoms with Gasteiger partial charge in [-0.05, 0) is 60.7 Å². The summed E-state index contributed by atoms with van der Waals surface area (Å²) in [5, 5.41) is 2.76. The lowest BCUT2D eigenvalue weighted by Crippen LogP contribution is -2.42. The summed E-state index contributed by atoms with van der Waals surface area (Å²) in [6.45, 7) is 0.413. The van der Waals surface area contributed by atoms with Crippen LogP contribution < -0.4 is 19.3 Å². The number of amides is 1. The van der Waals surface area contributed by atoms with Crippen molar-refractivity contribution in [2.45, 2.75) is 4.90 Å². The topological polar surface area (TPSA) is 79.0 Å². The van der Waals surface area contributed by atoms with Crippen molar-refractivity contribution in [3.8, 4) is 5.75 Å². The SMILES string of the molecule is COc1ccc(S(=O)(=O)N(CC(=O)NCCN(C)c2ccccc2)c2ccc(F)cc2)cc1. The Morgan fingerprint density at radius 1 is 0.939 bits per heavy atom. The fourth-order valence-electron chi connectivity index (χ4n) is 3.16. The van der Waals surface area contributed by atoms with E-state index in [4.69, 9.17) is 4.74 Å². The highest BCUT2D eigenvalue weighted by Crippen LogP contribution is 2.25. The van der Waals surface area contributed by atoms with Crippen molar-refractivity contribution in [3.05, 3.63) is 84.7 Å². The molecule has 0 atom stereocenters. The average Bonchev–Trinajstić information content (AvgIpc) is 2.83. The third kappa shape index (κ3) is 6.23. The smallest absolute Gasteiger partial charge is 0.264 e. The third-order valence-corrected chi connectivity index (χ3v) is 6.80. The standard InChI is InChI=1S/C24H26FN3O4S/c1-27(20-6-4-3-5-7-20)17-16-26-24(29)18-28(21-10-8-19(25)9-11-21)33(30,31)23-14-12-22(32-2)13-15-23/h3-15H,16-18H2,1-2H3,(H,26,29). The number of nitrogens with one attached hydrogen (secondary N) is 1. The molecular formula is C24H26FN3O4S. The maximum absolute atomic E-state index is 13.4. The number of sulfonamides is 1. The molecule has 0 saturated carbocycles. The number of halogens is 1. The van der Waals surface area contributed by atoms with Crippen LogP contribution in [0.2, 0.25) is 0 Å². The first-order chi connectivity index (χ1) is 15.8. The normalized spacial score (nSPS) is 11.0. The number of ether oxygens (including phenoxy) is 1. The fraction of sp³-hybridized carbons (Fsp3) is 0.208. The van der Waals surface area contributed by atoms with Crippen molar-refractivity contribution >= 4 is 27.3 Å². The summed E-state index contributed by atoms with van der Waals surface area (Å²) in [6, 6.07) is 20.5. The maximum atomic E-state index is 13.4. The third-order valence-electron chi connectivity index (χ3n) is 5.02. The van der Waals surface area contributed by atoms with Gasteiger partial charge < -0.3 is 15.0 Å². The first-order valence-corrected chi connectivity index (χ1v) is 11.7. The molecule has 0 aromatic heterocycles. The van der Waals surface area contributed by atoms with Gasteiger partial charge in [-0.25, -0.2) is 12.8 Å². The Balaban J connectivity index is 1.74. The summed E-state index contributed by atoms with van der Waals surface area (Å²) in [6.07, 6.45) is 0. The molecule has 3 rings (SSSR count). The summed E-state index contributed by atoms with van der Waals surface area (Å²) >= 11 is 0. The number of likely N-dealkylation sites (N-methyl/N-ethyl adjacent to an activating group) is 1. The number of hydrogen-bond donors (Lipinski definition) is 1. The number of carbonyl (C=O) groups is 1. The van der Waals surface area contributed by atoms with Crippen molar-refractivity contribution in [1.82, 2.24) is 5.32 Å². The van der Waals surface area contributed by atoms with Gasteiger partial charge in [-0.15, -0.1) is 0 Å². The van der Waals surface area contributed by atoms with E-state index in [1.165, 1.54) is 43.5 Å². The molecule has 1 amide bonds. The highest BCUT2D eigenvalue weighted by molar-refractivity contribution is 7.92. The van der Waals surface area contributed by atoms with Crippen molar-refractivity contribution < 1.29 is 22.3 Å². The molecule has 0 heterocycles. The largest absolute Gasteiger partial charge is 0.497 e. The molecule has 0 saturated heterocycles. The molecule has 3 aromatic rings. The molecule has 0 aliphatic carbocycles. The monoisotopic (exact) mass is 471 g/mol. The second-order valence-corrected chi connectivity index (χ2v) is 9.13. The second-order valence-electron chi connectivity index (χ2n) is 7.27. The van der Waals surface area contributed by atoms with Crippen molar-refractivity contribution in [2.24, 2.45) is 0 Å². The molecule has 0 bridgehead atoms. The first-order valence-electron chi connectivity index (χ1n) is 10.3. The summed E-state index contributed by atoms with van der Waals surface area (Å²) < 4.78 is 46.1. The van der Waals surface area contributed by atoms with E-state index in [0.717, 1.165) is 22.1 Å². The van der Waals surface area contributed by atoms with Gasteiger partial charge in [0, 0.05) is 25.8 Å². The lowest BCUT2D eigenvalue weighted by Gasteiger charge is -2.25. The van der Waals surface area contributed by atoms with E-state index < -0.39 is 28.3 Å². The van der Waals surface area contributed by atoms with E-state index in [2.05, 4.69) is 5.32 Å². The molecule has 0 fully saturated rings. The number of nitrogens with zero attached hydrogens (tertiary/aromatic N) is 2. The number of para-hydroxylation sites is 1. The number of methoxy groups -OCH3 is 1. The number of anilines is 2. The molecule has 1 N–H and O–H groups in total. The van der Waals surface area contributed by atoms with Crippen molar-refractivity contribution in [3.63, 3.8) is 0 Å². The zero-order valence-electron chi connectivity index (χ0n) is 18.4. The highest BCUT2D eigenvalue weighted by atomic mass is 32.2. The minimum Gasteiger partial charge on any atom is -0.497 e. The van der Waals surface area contributed by atoms with Crippen LogP contribution in [0.15, 0.2) is 83.8 Å². The Labute approximate surface area is 193 Å². The average molecular weight is 472 g/mol. The van der Waals surface area contributed by atoms with Gasteiger partial charge in [0.25, 0.3) is 10.0 Å². The van der Waals surface area contributed by atoms with Gasteiger partial charge in [0.15, 0.2) is 0 Å². The molecule has 174 valence electrons. The zero-order chi connectivity index (χ0) is 23.8. The molecule has 0 aliphatic heterocycles. The number of benzene rings is 3. The second kappa shape index (κ2) is 10.8. The predicted molar refractivity (Wildman–Crippen MR) is 127 cm³/mol. The van der Waals surface area contributed by atoms with Crippen LogP contribution in [-0.4, -0.2) is 48.1 Å². The van der Waals surface area contributed by atoms with Gasteiger partial charge in [0.05, 0.1) is 17.7 Å². The molecule has 0 radical (unpaired) electrons. The van der Waals surface area contributed by atoms with E-state index in [1.54, 1.807) is 0 Å². The van der Waals surface area contributed by atoms with Crippen LogP contribution in [0.3, 0.4) is 0 Å². The van der Waals surface area contributed by atoms with Crippen LogP contribution in [0.4, 0.5) is 15.8 Å². The van der Waals surface area contributed by atoms with Gasteiger partial charge in [-0.1, -0.05) is 18.2 Å². The van der Waals surface area contributed by atoms with Gasteiger partial charge >= 0.3 is 0 Å². The Morgan fingerprint density at radius 3 is 2.18 bits per heavy atom. The van der Waals surface area contributed by atoms with E-state index in [0.29, 0.717) is 18.8 Å². The first kappa shape index (κ1) is 24.1. The number of carbonyl (C=O) groups excluding carboxylic acids is 1. The van der Waals surface area contributed by atoms with E-state index in [9.17, 15) is 17.6 Å². The van der Waals surface area contributed by atoms with Crippen LogP contribution in [0.25, 0.3) is 0 Å². The molecule has 9 heteroatoms. The highest BCUT2D eigenvalue weighted by Gasteiger charge is 2.27. The maximum Gasteiger partial charge on any atom is 0.264 e. The quantitative estimate of drug-likeness (QED) is 0.491. The number of hydrogen-bond acceptors (Lipinski definition) is 5. The van der Waals surface area contributed by atoms with Gasteiger partial charge in [0.1, 0.15) is 18.1 Å². The van der Waals surface area contributed by atoms with E-state index in [-0.39, 0.29) is 10.6 Å². The summed E-state index contributed by atoms with van der Waals surface area (Å²) in [5.74, 6) is -0.477. The molecular weight excluding hydrogens is 445 g/mol. The lowest BCUT2D eigenvalue weighted by atomic mass is 10.3.